The zero-order valence-electron chi connectivity index (χ0n) is 20.2. The highest BCUT2D eigenvalue weighted by atomic mass is 35.5. The first-order valence-electron chi connectivity index (χ1n) is 12.3. The largest absolute Gasteiger partial charge is 0.480 e. The van der Waals surface area contributed by atoms with Crippen molar-refractivity contribution in [3.63, 3.8) is 0 Å². The molecule has 1 atom stereocenters. The van der Waals surface area contributed by atoms with Gasteiger partial charge < -0.3 is 24.8 Å². The fourth-order valence-corrected chi connectivity index (χ4v) is 5.60. The lowest BCUT2D eigenvalue weighted by Crippen LogP contribution is -2.44. The topological polar surface area (TPSA) is 88.5 Å². The maximum absolute atomic E-state index is 14.9. The summed E-state index contributed by atoms with van der Waals surface area (Å²) in [5.41, 5.74) is 2.26. The van der Waals surface area contributed by atoms with Crippen LogP contribution >= 0.6 is 24.8 Å². The number of hydrogen-bond donors (Lipinski definition) is 2. The number of halogens is 3. The maximum Gasteiger partial charge on any atom is 0.263 e. The van der Waals surface area contributed by atoms with E-state index in [1.54, 1.807) is 22.8 Å². The van der Waals surface area contributed by atoms with E-state index in [0.717, 1.165) is 55.5 Å². The number of carbonyl (C=O) groups is 1. The molecule has 0 radical (unpaired) electrons. The fraction of sp³-hybridized carbons (Fsp3) is 0.423. The highest BCUT2D eigenvalue weighted by molar-refractivity contribution is 5.94. The summed E-state index contributed by atoms with van der Waals surface area (Å²) in [6.45, 7) is 3.96. The Kier molecular flexibility index (Phi) is 8.38. The third-order valence-corrected chi connectivity index (χ3v) is 7.42. The Labute approximate surface area is 226 Å². The van der Waals surface area contributed by atoms with Crippen molar-refractivity contribution in [3.05, 3.63) is 63.8 Å². The molecule has 2 aromatic heterocycles. The van der Waals surface area contributed by atoms with E-state index in [0.29, 0.717) is 36.3 Å². The Morgan fingerprint density at radius 1 is 1.03 bits per heavy atom. The summed E-state index contributed by atoms with van der Waals surface area (Å²) in [5.74, 6) is 0.768. The number of amides is 1. The number of anilines is 1. The third-order valence-electron chi connectivity index (χ3n) is 7.42. The summed E-state index contributed by atoms with van der Waals surface area (Å²) >= 11 is 0. The maximum atomic E-state index is 14.9. The van der Waals surface area contributed by atoms with E-state index in [1.807, 2.05) is 12.1 Å². The molecular weight excluding hydrogens is 520 g/mol. The van der Waals surface area contributed by atoms with Gasteiger partial charge >= 0.3 is 0 Å². The van der Waals surface area contributed by atoms with Crippen LogP contribution in [-0.2, 0) is 17.9 Å². The van der Waals surface area contributed by atoms with Gasteiger partial charge in [-0.1, -0.05) is 0 Å². The number of likely N-dealkylation sites (tertiary alicyclic amines) is 1. The summed E-state index contributed by atoms with van der Waals surface area (Å²) in [6, 6.07) is 10.8. The minimum atomic E-state index is -0.211. The summed E-state index contributed by atoms with van der Waals surface area (Å²) in [7, 11) is 0. The molecule has 5 heterocycles. The number of ether oxygens (including phenoxy) is 1. The number of nitrogens with zero attached hydrogens (tertiary/aromatic N) is 3. The van der Waals surface area contributed by atoms with Crippen LogP contribution in [0.4, 0.5) is 10.2 Å². The Bertz CT molecular complexity index is 1360. The molecule has 198 valence electrons. The summed E-state index contributed by atoms with van der Waals surface area (Å²) in [5, 5.41) is 7.26. The van der Waals surface area contributed by atoms with Crippen LogP contribution in [0, 0.1) is 5.82 Å². The lowest BCUT2D eigenvalue weighted by atomic mass is 9.88. The van der Waals surface area contributed by atoms with E-state index in [1.165, 1.54) is 6.07 Å². The van der Waals surface area contributed by atoms with Crippen LogP contribution < -0.4 is 20.9 Å². The quantitative estimate of drug-likeness (QED) is 0.506. The van der Waals surface area contributed by atoms with Crippen molar-refractivity contribution in [2.75, 3.05) is 31.6 Å². The average Bonchev–Trinajstić information content (AvgIpc) is 2.87. The molecule has 6 rings (SSSR count). The molecule has 3 aliphatic rings. The first kappa shape index (κ1) is 27.3. The second-order valence-electron chi connectivity index (χ2n) is 9.65. The van der Waals surface area contributed by atoms with Gasteiger partial charge in [0, 0.05) is 43.2 Å². The monoisotopic (exact) mass is 549 g/mol. The first-order valence-corrected chi connectivity index (χ1v) is 12.3. The molecular formula is C26H30Cl2FN5O3. The van der Waals surface area contributed by atoms with Crippen molar-refractivity contribution >= 4 is 47.4 Å². The van der Waals surface area contributed by atoms with Crippen LogP contribution in [0.15, 0.2) is 41.2 Å². The molecule has 11 heteroatoms. The number of carbonyl (C=O) groups excluding carboxylic acids is 1. The molecule has 8 nitrogen and oxygen atoms in total. The fourth-order valence-electron chi connectivity index (χ4n) is 5.60. The van der Waals surface area contributed by atoms with Crippen molar-refractivity contribution in [1.29, 1.82) is 0 Å². The van der Waals surface area contributed by atoms with Crippen molar-refractivity contribution in [2.45, 2.75) is 44.3 Å². The predicted octanol–water partition coefficient (Wildman–Crippen LogP) is 3.45. The number of piperidine rings is 1. The van der Waals surface area contributed by atoms with Crippen LogP contribution in [0.1, 0.15) is 36.4 Å². The van der Waals surface area contributed by atoms with Crippen LogP contribution in [0.25, 0.3) is 10.9 Å². The Morgan fingerprint density at radius 3 is 2.62 bits per heavy atom. The highest BCUT2D eigenvalue weighted by Gasteiger charge is 2.29. The normalized spacial score (nSPS) is 19.3. The summed E-state index contributed by atoms with van der Waals surface area (Å²) in [4.78, 5) is 30.8. The molecule has 37 heavy (non-hydrogen) atoms. The lowest BCUT2D eigenvalue weighted by Gasteiger charge is -2.36. The zero-order chi connectivity index (χ0) is 23.9. The van der Waals surface area contributed by atoms with Crippen molar-refractivity contribution in [3.8, 4) is 5.75 Å². The second-order valence-corrected chi connectivity index (χ2v) is 9.65. The van der Waals surface area contributed by atoms with Gasteiger partial charge in [0.05, 0.1) is 11.2 Å². The van der Waals surface area contributed by atoms with Crippen LogP contribution in [0.3, 0.4) is 0 Å². The molecule has 1 unspecified atom stereocenters. The molecule has 3 aliphatic heterocycles. The van der Waals surface area contributed by atoms with Crippen LogP contribution in [0.2, 0.25) is 0 Å². The summed E-state index contributed by atoms with van der Waals surface area (Å²) < 4.78 is 22.0. The molecule has 1 saturated heterocycles. The van der Waals surface area contributed by atoms with E-state index in [9.17, 15) is 14.0 Å². The van der Waals surface area contributed by atoms with Gasteiger partial charge in [-0.25, -0.2) is 9.37 Å². The molecule has 0 aliphatic carbocycles. The number of benzene rings is 1. The molecule has 0 saturated carbocycles. The number of nitrogens with one attached hydrogen (secondary N) is 2. The first-order chi connectivity index (χ1) is 17.0. The number of aromatic nitrogens is 2. The standard InChI is InChI=1S/C26H28FN5O3.2ClH/c27-20-4-1-16-2-6-23(34)32-12-7-17(24(20)25(16)32)14-31-10-8-18(9-11-31)28-13-19-3-5-21-26(29-19)30-22(33)15-35-21;;/h1-6,17-18,28H,7-15H2,(H,29,30,33);2*1H. The second kappa shape index (κ2) is 11.3. The van der Waals surface area contributed by atoms with Crippen LogP contribution in [0.5, 0.6) is 5.75 Å². The summed E-state index contributed by atoms with van der Waals surface area (Å²) in [6.07, 6.45) is 2.77. The van der Waals surface area contributed by atoms with Gasteiger partial charge in [0.2, 0.25) is 0 Å². The van der Waals surface area contributed by atoms with Gasteiger partial charge in [0.1, 0.15) is 5.82 Å². The van der Waals surface area contributed by atoms with E-state index < -0.39 is 0 Å². The van der Waals surface area contributed by atoms with E-state index in [4.69, 9.17) is 4.74 Å². The van der Waals surface area contributed by atoms with Gasteiger partial charge in [-0.05, 0) is 68.1 Å². The van der Waals surface area contributed by atoms with Gasteiger partial charge in [0.15, 0.2) is 18.2 Å². The average molecular weight is 550 g/mol. The third kappa shape index (κ3) is 5.45. The van der Waals surface area contributed by atoms with Crippen molar-refractivity contribution in [1.82, 2.24) is 19.8 Å². The Morgan fingerprint density at radius 2 is 1.81 bits per heavy atom. The minimum absolute atomic E-state index is 0. The number of pyridine rings is 2. The van der Waals surface area contributed by atoms with Crippen LogP contribution in [-0.4, -0.2) is 52.6 Å². The smallest absolute Gasteiger partial charge is 0.263 e. The molecule has 0 bridgehead atoms. The van der Waals surface area contributed by atoms with E-state index in [-0.39, 0.29) is 54.6 Å². The minimum Gasteiger partial charge on any atom is -0.480 e. The van der Waals surface area contributed by atoms with Gasteiger partial charge in [-0.3, -0.25) is 9.59 Å². The zero-order valence-corrected chi connectivity index (χ0v) is 21.9. The van der Waals surface area contributed by atoms with Crippen molar-refractivity contribution < 1.29 is 13.9 Å². The van der Waals surface area contributed by atoms with E-state index in [2.05, 4.69) is 20.5 Å². The van der Waals surface area contributed by atoms with Gasteiger partial charge in [-0.15, -0.1) is 24.8 Å². The lowest BCUT2D eigenvalue weighted by molar-refractivity contribution is -0.118. The molecule has 2 N–H and O–H groups in total. The van der Waals surface area contributed by atoms with Gasteiger partial charge in [0.25, 0.3) is 11.5 Å². The number of aryl methyl sites for hydroxylation is 1. The Hall–Kier alpha value is -2.72. The molecule has 0 spiro atoms. The SMILES string of the molecule is Cl.Cl.O=C1COc2ccc(CNC3CCN(CC4CCn5c(=O)ccc6ccc(F)c4c65)CC3)nc2N1. The number of rotatable bonds is 5. The van der Waals surface area contributed by atoms with Crippen molar-refractivity contribution in [2.24, 2.45) is 0 Å². The molecule has 1 fully saturated rings. The molecule has 1 aromatic carbocycles. The highest BCUT2D eigenvalue weighted by Crippen LogP contribution is 2.35. The predicted molar refractivity (Wildman–Crippen MR) is 145 cm³/mol. The Balaban J connectivity index is 0.00000160. The molecule has 1 amide bonds. The number of fused-ring (bicyclic) bond motifs is 1. The van der Waals surface area contributed by atoms with E-state index >= 15 is 0 Å². The molecule has 3 aromatic rings. The van der Waals surface area contributed by atoms with Gasteiger partial charge in [-0.2, -0.15) is 0 Å². The number of hydrogen-bond acceptors (Lipinski definition) is 6.